The average molecular weight is 346 g/mol. The van der Waals surface area contributed by atoms with E-state index in [1.54, 1.807) is 4.90 Å². The van der Waals surface area contributed by atoms with Crippen LogP contribution in [-0.4, -0.2) is 40.5 Å². The molecule has 0 aliphatic carbocycles. The number of benzene rings is 1. The molecule has 0 saturated heterocycles. The van der Waals surface area contributed by atoms with E-state index in [1.165, 1.54) is 0 Å². The molecule has 0 unspecified atom stereocenters. The maximum Gasteiger partial charge on any atom is 0.255 e. The van der Waals surface area contributed by atoms with Crippen LogP contribution in [0.25, 0.3) is 0 Å². The minimum Gasteiger partial charge on any atom is -0.394 e. The summed E-state index contributed by atoms with van der Waals surface area (Å²) in [4.78, 5) is 27.5. The smallest absolute Gasteiger partial charge is 0.255 e. The van der Waals surface area contributed by atoms with Crippen LogP contribution < -0.4 is 5.32 Å². The minimum absolute atomic E-state index is 0.0366. The Bertz CT molecular complexity index is 617. The van der Waals surface area contributed by atoms with Crippen molar-refractivity contribution in [1.29, 1.82) is 0 Å². The zero-order valence-electron chi connectivity index (χ0n) is 15.7. The number of amides is 2. The highest BCUT2D eigenvalue weighted by Gasteiger charge is 2.39. The van der Waals surface area contributed by atoms with Crippen molar-refractivity contribution in [3.05, 3.63) is 35.4 Å². The zero-order valence-corrected chi connectivity index (χ0v) is 15.7. The molecule has 0 bridgehead atoms. The highest BCUT2D eigenvalue weighted by molar-refractivity contribution is 6.01. The summed E-state index contributed by atoms with van der Waals surface area (Å²) in [5.74, 6) is -0.0393. The van der Waals surface area contributed by atoms with E-state index in [0.717, 1.165) is 18.4 Å². The van der Waals surface area contributed by atoms with E-state index in [0.29, 0.717) is 12.1 Å². The molecule has 2 rings (SSSR count). The summed E-state index contributed by atoms with van der Waals surface area (Å²) >= 11 is 0. The van der Waals surface area contributed by atoms with Gasteiger partial charge in [-0.1, -0.05) is 58.7 Å². The van der Waals surface area contributed by atoms with Gasteiger partial charge in [0.25, 0.3) is 5.91 Å². The van der Waals surface area contributed by atoms with Gasteiger partial charge in [-0.05, 0) is 23.5 Å². The average Bonchev–Trinajstić information content (AvgIpc) is 2.95. The summed E-state index contributed by atoms with van der Waals surface area (Å²) in [5.41, 5.74) is 1.65. The van der Waals surface area contributed by atoms with Crippen molar-refractivity contribution in [1.82, 2.24) is 10.2 Å². The molecule has 0 radical (unpaired) electrons. The van der Waals surface area contributed by atoms with Gasteiger partial charge in [0.15, 0.2) is 0 Å². The van der Waals surface area contributed by atoms with Gasteiger partial charge in [0.05, 0.1) is 12.6 Å². The van der Waals surface area contributed by atoms with E-state index >= 15 is 0 Å². The van der Waals surface area contributed by atoms with Gasteiger partial charge >= 0.3 is 0 Å². The lowest BCUT2D eigenvalue weighted by molar-refractivity contribution is -0.129. The number of aliphatic hydroxyl groups is 1. The fourth-order valence-corrected chi connectivity index (χ4v) is 3.35. The third-order valence-corrected chi connectivity index (χ3v) is 5.49. The zero-order chi connectivity index (χ0) is 18.6. The second kappa shape index (κ2) is 8.48. The molecule has 1 aliphatic rings. The molecule has 0 spiro atoms. The first-order valence-corrected chi connectivity index (χ1v) is 9.24. The molecule has 138 valence electrons. The Labute approximate surface area is 150 Å². The first kappa shape index (κ1) is 19.4. The molecule has 0 fully saturated rings. The first-order chi connectivity index (χ1) is 11.9. The normalized spacial score (nSPS) is 18.4. The molecule has 1 heterocycles. The van der Waals surface area contributed by atoms with Crippen molar-refractivity contribution in [2.24, 2.45) is 11.8 Å². The van der Waals surface area contributed by atoms with Crippen LogP contribution in [-0.2, 0) is 11.3 Å². The second-order valence-corrected chi connectivity index (χ2v) is 7.10. The van der Waals surface area contributed by atoms with Gasteiger partial charge in [0, 0.05) is 12.1 Å². The number of nitrogens with one attached hydrogen (secondary N) is 1. The number of hydrogen-bond acceptors (Lipinski definition) is 3. The van der Waals surface area contributed by atoms with Crippen molar-refractivity contribution in [2.45, 2.75) is 59.2 Å². The highest BCUT2D eigenvalue weighted by Crippen LogP contribution is 2.28. The highest BCUT2D eigenvalue weighted by atomic mass is 16.3. The number of fused-ring (bicyclic) bond motifs is 1. The van der Waals surface area contributed by atoms with Crippen molar-refractivity contribution < 1.29 is 14.7 Å². The molecule has 1 aromatic carbocycles. The Balaban J connectivity index is 2.23. The van der Waals surface area contributed by atoms with Crippen LogP contribution in [0.5, 0.6) is 0 Å². The van der Waals surface area contributed by atoms with Crippen LogP contribution in [0, 0.1) is 11.8 Å². The molecule has 1 aromatic rings. The van der Waals surface area contributed by atoms with Gasteiger partial charge in [-0.15, -0.1) is 0 Å². The molecule has 25 heavy (non-hydrogen) atoms. The van der Waals surface area contributed by atoms with Gasteiger partial charge in [-0.25, -0.2) is 0 Å². The van der Waals surface area contributed by atoms with E-state index < -0.39 is 6.04 Å². The molecular formula is C20H30N2O3. The number of carbonyl (C=O) groups excluding carboxylic acids is 2. The van der Waals surface area contributed by atoms with Crippen LogP contribution in [0.1, 0.15) is 56.5 Å². The third-order valence-electron chi connectivity index (χ3n) is 5.49. The molecule has 5 heteroatoms. The summed E-state index contributed by atoms with van der Waals surface area (Å²) in [7, 11) is 0. The first-order valence-electron chi connectivity index (χ1n) is 9.24. The van der Waals surface area contributed by atoms with Gasteiger partial charge < -0.3 is 15.3 Å². The van der Waals surface area contributed by atoms with Crippen molar-refractivity contribution in [3.8, 4) is 0 Å². The lowest BCUT2D eigenvalue weighted by Gasteiger charge is -2.33. The quantitative estimate of drug-likeness (QED) is 0.760. The van der Waals surface area contributed by atoms with Crippen LogP contribution in [0.4, 0.5) is 0 Å². The van der Waals surface area contributed by atoms with E-state index in [9.17, 15) is 14.7 Å². The number of hydrogen-bond donors (Lipinski definition) is 2. The van der Waals surface area contributed by atoms with E-state index in [2.05, 4.69) is 5.32 Å². The maximum absolute atomic E-state index is 13.0. The Kier molecular flexibility index (Phi) is 6.59. The van der Waals surface area contributed by atoms with Crippen LogP contribution in [0.2, 0.25) is 0 Å². The molecule has 2 N–H and O–H groups in total. The van der Waals surface area contributed by atoms with Crippen LogP contribution in [0.15, 0.2) is 24.3 Å². The molecule has 2 amide bonds. The topological polar surface area (TPSA) is 69.6 Å². The largest absolute Gasteiger partial charge is 0.394 e. The van der Waals surface area contributed by atoms with E-state index in [4.69, 9.17) is 0 Å². The maximum atomic E-state index is 13.0. The monoisotopic (exact) mass is 346 g/mol. The summed E-state index contributed by atoms with van der Waals surface area (Å²) in [6.07, 6.45) is 1.67. The molecule has 0 saturated carbocycles. The number of nitrogens with zero attached hydrogens (tertiary/aromatic N) is 1. The van der Waals surface area contributed by atoms with Gasteiger partial charge in [0.2, 0.25) is 5.91 Å². The Hall–Kier alpha value is -1.88. The molecule has 4 atom stereocenters. The van der Waals surface area contributed by atoms with Gasteiger partial charge in [-0.3, -0.25) is 9.59 Å². The standard InChI is InChI=1S/C20H30N2O3/c1-5-13(3)17(12-23)21-19(24)18(14(4)6-2)22-11-15-9-7-8-10-16(15)20(22)25/h7-10,13-14,17-18,23H,5-6,11-12H2,1-4H3,(H,21,24)/t13-,14+,17-,18-/m0/s1. The molecule has 5 nitrogen and oxygen atoms in total. The predicted octanol–water partition coefficient (Wildman–Crippen LogP) is 2.58. The fourth-order valence-electron chi connectivity index (χ4n) is 3.35. The number of carbonyl (C=O) groups is 2. The Morgan fingerprint density at radius 3 is 2.40 bits per heavy atom. The van der Waals surface area contributed by atoms with Gasteiger partial charge in [0.1, 0.15) is 6.04 Å². The SMILES string of the molecule is CC[C@@H](C)[C@@H](C(=O)N[C@@H](CO)[C@@H](C)CC)N1Cc2ccccc2C1=O. The summed E-state index contributed by atoms with van der Waals surface area (Å²) in [6.45, 7) is 8.43. The Morgan fingerprint density at radius 1 is 1.20 bits per heavy atom. The van der Waals surface area contributed by atoms with Crippen LogP contribution >= 0.6 is 0 Å². The summed E-state index contributed by atoms with van der Waals surface area (Å²) in [6, 6.07) is 6.71. The van der Waals surface area contributed by atoms with E-state index in [-0.39, 0.29) is 36.3 Å². The lowest BCUT2D eigenvalue weighted by Crippen LogP contribution is -2.54. The molecular weight excluding hydrogens is 316 g/mol. The van der Waals surface area contributed by atoms with Gasteiger partial charge in [-0.2, -0.15) is 0 Å². The van der Waals surface area contributed by atoms with Crippen LogP contribution in [0.3, 0.4) is 0 Å². The second-order valence-electron chi connectivity index (χ2n) is 7.10. The summed E-state index contributed by atoms with van der Waals surface area (Å²) in [5, 5.41) is 12.6. The predicted molar refractivity (Wildman–Crippen MR) is 98.0 cm³/mol. The van der Waals surface area contributed by atoms with E-state index in [1.807, 2.05) is 52.0 Å². The van der Waals surface area contributed by atoms with Crippen molar-refractivity contribution >= 4 is 11.8 Å². The Morgan fingerprint density at radius 2 is 1.84 bits per heavy atom. The summed E-state index contributed by atoms with van der Waals surface area (Å²) < 4.78 is 0. The fraction of sp³-hybridized carbons (Fsp3) is 0.600. The number of aliphatic hydroxyl groups excluding tert-OH is 1. The number of rotatable bonds is 8. The van der Waals surface area contributed by atoms with Crippen molar-refractivity contribution in [2.75, 3.05) is 6.61 Å². The lowest BCUT2D eigenvalue weighted by atomic mass is 9.94. The molecule has 0 aromatic heterocycles. The van der Waals surface area contributed by atoms with Crippen molar-refractivity contribution in [3.63, 3.8) is 0 Å². The molecule has 1 aliphatic heterocycles. The third kappa shape index (κ3) is 4.03. The minimum atomic E-state index is -0.525.